The molecule has 0 aromatic carbocycles. The van der Waals surface area contributed by atoms with Crippen LogP contribution in [0.2, 0.25) is 0 Å². The molecule has 20 heavy (non-hydrogen) atoms. The van der Waals surface area contributed by atoms with Crippen LogP contribution < -0.4 is 0 Å². The van der Waals surface area contributed by atoms with Gasteiger partial charge in [0, 0.05) is 29.2 Å². The zero-order valence-corrected chi connectivity index (χ0v) is 12.7. The number of nitrogens with zero attached hydrogens (tertiary/aromatic N) is 2. The Hall–Kier alpha value is -1.08. The van der Waals surface area contributed by atoms with Crippen molar-refractivity contribution in [2.75, 3.05) is 6.54 Å². The second-order valence-corrected chi connectivity index (χ2v) is 8.02. The van der Waals surface area contributed by atoms with Crippen molar-refractivity contribution in [3.8, 4) is 0 Å². The van der Waals surface area contributed by atoms with Crippen LogP contribution in [-0.4, -0.2) is 42.0 Å². The van der Waals surface area contributed by atoms with Gasteiger partial charge in [0.2, 0.25) is 0 Å². The standard InChI is InChI=1S/C12H16ClN3O3S/c1-7-3-2-6-16(7)12(17)10-11(20(13,18)19)9(14-15-10)8-4-5-8/h7-8H,2-6H2,1H3,(H,14,15). The number of aromatic amines is 1. The third-order valence-electron chi connectivity index (χ3n) is 3.99. The topological polar surface area (TPSA) is 83.1 Å². The van der Waals surface area contributed by atoms with Crippen molar-refractivity contribution in [2.24, 2.45) is 0 Å². The summed E-state index contributed by atoms with van der Waals surface area (Å²) >= 11 is 0. The fourth-order valence-corrected chi connectivity index (χ4v) is 4.06. The van der Waals surface area contributed by atoms with Gasteiger partial charge in [0.1, 0.15) is 4.90 Å². The number of H-pyrrole nitrogens is 1. The summed E-state index contributed by atoms with van der Waals surface area (Å²) in [6.45, 7) is 2.58. The summed E-state index contributed by atoms with van der Waals surface area (Å²) < 4.78 is 23.6. The van der Waals surface area contributed by atoms with Crippen LogP contribution in [0.4, 0.5) is 0 Å². The molecule has 2 heterocycles. The van der Waals surface area contributed by atoms with E-state index in [1.54, 1.807) is 4.90 Å². The van der Waals surface area contributed by atoms with Crippen molar-refractivity contribution >= 4 is 25.6 Å². The summed E-state index contributed by atoms with van der Waals surface area (Å²) in [5, 5.41) is 6.64. The molecule has 0 bridgehead atoms. The van der Waals surface area contributed by atoms with E-state index < -0.39 is 9.05 Å². The van der Waals surface area contributed by atoms with Gasteiger partial charge in [0.05, 0.1) is 5.69 Å². The van der Waals surface area contributed by atoms with Crippen LogP contribution in [0, 0.1) is 0 Å². The molecule has 0 spiro atoms. The van der Waals surface area contributed by atoms with Gasteiger partial charge in [-0.2, -0.15) is 5.10 Å². The first kappa shape index (κ1) is 13.9. The van der Waals surface area contributed by atoms with Crippen LogP contribution in [0.15, 0.2) is 4.90 Å². The summed E-state index contributed by atoms with van der Waals surface area (Å²) in [5.74, 6) is -0.221. The fraction of sp³-hybridized carbons (Fsp3) is 0.667. The molecule has 1 amide bonds. The number of carbonyl (C=O) groups excluding carboxylic acids is 1. The lowest BCUT2D eigenvalue weighted by molar-refractivity contribution is 0.0737. The average Bonchev–Trinajstić information content (AvgIpc) is 2.95. The van der Waals surface area contributed by atoms with Crippen molar-refractivity contribution in [1.29, 1.82) is 0 Å². The highest BCUT2D eigenvalue weighted by atomic mass is 35.7. The molecule has 1 unspecified atom stereocenters. The first-order valence-corrected chi connectivity index (χ1v) is 9.04. The minimum Gasteiger partial charge on any atom is -0.335 e. The van der Waals surface area contributed by atoms with Gasteiger partial charge in [0.15, 0.2) is 5.69 Å². The van der Waals surface area contributed by atoms with Crippen molar-refractivity contribution in [1.82, 2.24) is 15.1 Å². The van der Waals surface area contributed by atoms with Gasteiger partial charge >= 0.3 is 0 Å². The first-order chi connectivity index (χ1) is 9.39. The zero-order chi connectivity index (χ0) is 14.5. The highest BCUT2D eigenvalue weighted by Crippen LogP contribution is 2.43. The molecule has 6 nitrogen and oxygen atoms in total. The Morgan fingerprint density at radius 3 is 2.60 bits per heavy atom. The average molecular weight is 318 g/mol. The van der Waals surface area contributed by atoms with Crippen LogP contribution in [0.25, 0.3) is 0 Å². The van der Waals surface area contributed by atoms with E-state index in [4.69, 9.17) is 10.7 Å². The number of carbonyl (C=O) groups is 1. The van der Waals surface area contributed by atoms with Crippen LogP contribution in [0.3, 0.4) is 0 Å². The van der Waals surface area contributed by atoms with Crippen molar-refractivity contribution in [3.63, 3.8) is 0 Å². The Kier molecular flexibility index (Phi) is 3.29. The maximum Gasteiger partial charge on any atom is 0.276 e. The summed E-state index contributed by atoms with van der Waals surface area (Å²) in [6.07, 6.45) is 3.65. The number of likely N-dealkylation sites (tertiary alicyclic amines) is 1. The maximum atomic E-state index is 12.5. The molecule has 1 saturated carbocycles. The molecule has 2 aliphatic rings. The lowest BCUT2D eigenvalue weighted by Crippen LogP contribution is -2.34. The molecule has 3 rings (SSSR count). The van der Waals surface area contributed by atoms with Crippen molar-refractivity contribution in [2.45, 2.75) is 49.5 Å². The van der Waals surface area contributed by atoms with E-state index in [-0.39, 0.29) is 28.5 Å². The number of halogens is 1. The molecule has 2 fully saturated rings. The molecule has 1 aliphatic carbocycles. The number of aromatic nitrogens is 2. The minimum absolute atomic E-state index is 0.0596. The Morgan fingerprint density at radius 1 is 1.40 bits per heavy atom. The quantitative estimate of drug-likeness (QED) is 0.862. The van der Waals surface area contributed by atoms with Gasteiger partial charge in [-0.15, -0.1) is 0 Å². The summed E-state index contributed by atoms with van der Waals surface area (Å²) in [4.78, 5) is 14.0. The van der Waals surface area contributed by atoms with E-state index in [2.05, 4.69) is 10.2 Å². The third-order valence-corrected chi connectivity index (χ3v) is 5.36. The van der Waals surface area contributed by atoms with Gasteiger partial charge in [-0.25, -0.2) is 8.42 Å². The molecule has 1 aliphatic heterocycles. The summed E-state index contributed by atoms with van der Waals surface area (Å²) in [5.41, 5.74) is 0.422. The highest BCUT2D eigenvalue weighted by Gasteiger charge is 2.38. The molecule has 110 valence electrons. The van der Waals surface area contributed by atoms with Crippen molar-refractivity contribution in [3.05, 3.63) is 11.4 Å². The van der Waals surface area contributed by atoms with E-state index in [0.717, 1.165) is 25.7 Å². The minimum atomic E-state index is -3.99. The van der Waals surface area contributed by atoms with Gasteiger partial charge in [-0.3, -0.25) is 9.89 Å². The molecule has 0 radical (unpaired) electrons. The summed E-state index contributed by atoms with van der Waals surface area (Å²) in [7, 11) is 1.52. The van der Waals surface area contributed by atoms with Crippen LogP contribution in [0.5, 0.6) is 0 Å². The van der Waals surface area contributed by atoms with Crippen LogP contribution >= 0.6 is 10.7 Å². The molecule has 1 atom stereocenters. The molecule has 8 heteroatoms. The normalized spacial score (nSPS) is 23.3. The van der Waals surface area contributed by atoms with Crippen molar-refractivity contribution < 1.29 is 13.2 Å². The van der Waals surface area contributed by atoms with Gasteiger partial charge < -0.3 is 4.90 Å². The Bertz CT molecular complexity index is 651. The van der Waals surface area contributed by atoms with Gasteiger partial charge in [-0.1, -0.05) is 0 Å². The lowest BCUT2D eigenvalue weighted by atomic mass is 10.2. The lowest BCUT2D eigenvalue weighted by Gasteiger charge is -2.20. The second kappa shape index (κ2) is 4.73. The molecular weight excluding hydrogens is 302 g/mol. The predicted molar refractivity (Wildman–Crippen MR) is 73.3 cm³/mol. The molecule has 1 aromatic rings. The number of hydrogen-bond donors (Lipinski definition) is 1. The van der Waals surface area contributed by atoms with Gasteiger partial charge in [0.25, 0.3) is 15.0 Å². The number of amides is 1. The maximum absolute atomic E-state index is 12.5. The van der Waals surface area contributed by atoms with E-state index in [0.29, 0.717) is 12.2 Å². The molecule has 1 saturated heterocycles. The number of nitrogens with one attached hydrogen (secondary N) is 1. The largest absolute Gasteiger partial charge is 0.335 e. The van der Waals surface area contributed by atoms with E-state index >= 15 is 0 Å². The monoisotopic (exact) mass is 317 g/mol. The number of rotatable bonds is 3. The Labute approximate surface area is 121 Å². The fourth-order valence-electron chi connectivity index (χ4n) is 2.76. The zero-order valence-electron chi connectivity index (χ0n) is 11.1. The smallest absolute Gasteiger partial charge is 0.276 e. The first-order valence-electron chi connectivity index (χ1n) is 6.73. The second-order valence-electron chi connectivity index (χ2n) is 5.52. The van der Waals surface area contributed by atoms with Crippen LogP contribution in [-0.2, 0) is 9.05 Å². The van der Waals surface area contributed by atoms with E-state index in [9.17, 15) is 13.2 Å². The molecular formula is C12H16ClN3O3S. The SMILES string of the molecule is CC1CCCN1C(=O)c1n[nH]c(C2CC2)c1S(=O)(=O)Cl. The Morgan fingerprint density at radius 2 is 2.10 bits per heavy atom. The third kappa shape index (κ3) is 2.33. The summed E-state index contributed by atoms with van der Waals surface area (Å²) in [6, 6.07) is 0.106. The molecule has 1 N–H and O–H groups in total. The molecule has 1 aromatic heterocycles. The predicted octanol–water partition coefficient (Wildman–Crippen LogP) is 1.84. The van der Waals surface area contributed by atoms with Crippen LogP contribution in [0.1, 0.15) is 54.7 Å². The number of hydrogen-bond acceptors (Lipinski definition) is 4. The van der Waals surface area contributed by atoms with Gasteiger partial charge in [-0.05, 0) is 32.6 Å². The van der Waals surface area contributed by atoms with E-state index in [1.165, 1.54) is 0 Å². The Balaban J connectivity index is 2.03. The van der Waals surface area contributed by atoms with E-state index in [1.807, 2.05) is 6.92 Å². The highest BCUT2D eigenvalue weighted by molar-refractivity contribution is 8.13.